The third kappa shape index (κ3) is 3.14. The molecule has 0 saturated heterocycles. The number of nitriles is 1. The molecule has 144 valence electrons. The van der Waals surface area contributed by atoms with Gasteiger partial charge < -0.3 is 15.0 Å². The van der Waals surface area contributed by atoms with Crippen molar-refractivity contribution in [1.82, 2.24) is 25.1 Å². The molecule has 8 nitrogen and oxygen atoms in total. The Morgan fingerprint density at radius 2 is 2.14 bits per heavy atom. The molecule has 4 aromatic rings. The Morgan fingerprint density at radius 3 is 2.93 bits per heavy atom. The highest BCUT2D eigenvalue weighted by Gasteiger charge is 2.26. The summed E-state index contributed by atoms with van der Waals surface area (Å²) >= 11 is 0. The fourth-order valence-corrected chi connectivity index (χ4v) is 3.24. The van der Waals surface area contributed by atoms with Crippen molar-refractivity contribution < 1.29 is 9.13 Å². The molecule has 0 radical (unpaired) electrons. The standard InChI is InChI=1S/C20H16FN7O/c1-10-6-12-14(25-10)4-5-16(18(12)21)29-20-13(8-22)19(23-9-24-20)26-17-7-15(27-28-17)11-2-3-11/h4-7,9,11,25H,2-3H2,1H3,(H2,23,24,26,27,28). The van der Waals surface area contributed by atoms with Crippen molar-refractivity contribution in [2.75, 3.05) is 5.32 Å². The first-order valence-corrected chi connectivity index (χ1v) is 9.15. The first-order chi connectivity index (χ1) is 14.1. The monoisotopic (exact) mass is 389 g/mol. The van der Waals surface area contributed by atoms with Crippen LogP contribution in [0.15, 0.2) is 30.6 Å². The molecule has 0 unspecified atom stereocenters. The average molecular weight is 389 g/mol. The number of anilines is 2. The van der Waals surface area contributed by atoms with Crippen LogP contribution in [0.3, 0.4) is 0 Å². The molecule has 0 bridgehead atoms. The molecule has 0 aliphatic heterocycles. The molecule has 3 heterocycles. The van der Waals surface area contributed by atoms with E-state index in [1.54, 1.807) is 12.1 Å². The molecule has 1 aliphatic rings. The van der Waals surface area contributed by atoms with Gasteiger partial charge in [-0.15, -0.1) is 0 Å². The summed E-state index contributed by atoms with van der Waals surface area (Å²) < 4.78 is 20.5. The van der Waals surface area contributed by atoms with E-state index in [0.29, 0.717) is 22.6 Å². The Balaban J connectivity index is 1.46. The molecule has 3 aromatic heterocycles. The number of aryl methyl sites for hydroxylation is 1. The molecule has 1 fully saturated rings. The van der Waals surface area contributed by atoms with E-state index in [4.69, 9.17) is 4.74 Å². The number of halogens is 1. The Kier molecular flexibility index (Phi) is 3.91. The van der Waals surface area contributed by atoms with E-state index in [0.717, 1.165) is 24.2 Å². The van der Waals surface area contributed by atoms with Crippen molar-refractivity contribution >= 4 is 22.5 Å². The largest absolute Gasteiger partial charge is 0.434 e. The number of H-pyrrole nitrogens is 2. The van der Waals surface area contributed by atoms with Gasteiger partial charge in [-0.3, -0.25) is 5.10 Å². The van der Waals surface area contributed by atoms with E-state index in [2.05, 4.69) is 30.5 Å². The summed E-state index contributed by atoms with van der Waals surface area (Å²) in [6.07, 6.45) is 3.55. The number of rotatable bonds is 5. The highest BCUT2D eigenvalue weighted by molar-refractivity contribution is 5.82. The fourth-order valence-electron chi connectivity index (χ4n) is 3.24. The third-order valence-electron chi connectivity index (χ3n) is 4.83. The zero-order valence-electron chi connectivity index (χ0n) is 15.5. The van der Waals surface area contributed by atoms with Crippen LogP contribution in [-0.2, 0) is 0 Å². The van der Waals surface area contributed by atoms with Gasteiger partial charge in [0.05, 0.1) is 0 Å². The van der Waals surface area contributed by atoms with E-state index in [1.165, 1.54) is 12.4 Å². The normalized spacial score (nSPS) is 13.4. The van der Waals surface area contributed by atoms with E-state index in [9.17, 15) is 9.65 Å². The van der Waals surface area contributed by atoms with Crippen molar-refractivity contribution in [2.24, 2.45) is 0 Å². The number of aromatic amines is 2. The van der Waals surface area contributed by atoms with Crippen LogP contribution in [0, 0.1) is 24.1 Å². The number of hydrogen-bond donors (Lipinski definition) is 3. The Morgan fingerprint density at radius 1 is 1.28 bits per heavy atom. The molecule has 5 rings (SSSR count). The van der Waals surface area contributed by atoms with Crippen LogP contribution in [0.25, 0.3) is 10.9 Å². The lowest BCUT2D eigenvalue weighted by atomic mass is 10.2. The molecule has 1 aromatic carbocycles. The van der Waals surface area contributed by atoms with Crippen LogP contribution in [-0.4, -0.2) is 25.1 Å². The van der Waals surface area contributed by atoms with E-state index < -0.39 is 5.82 Å². The van der Waals surface area contributed by atoms with Crippen molar-refractivity contribution in [3.8, 4) is 17.7 Å². The van der Waals surface area contributed by atoms with Gasteiger partial charge in [0.2, 0.25) is 5.88 Å². The Hall–Kier alpha value is -3.93. The van der Waals surface area contributed by atoms with Gasteiger partial charge in [0.1, 0.15) is 12.4 Å². The van der Waals surface area contributed by atoms with Gasteiger partial charge in [0.25, 0.3) is 0 Å². The second kappa shape index (κ2) is 6.60. The summed E-state index contributed by atoms with van der Waals surface area (Å²) in [7, 11) is 0. The van der Waals surface area contributed by atoms with Crippen molar-refractivity contribution in [1.29, 1.82) is 5.26 Å². The molecule has 1 aliphatic carbocycles. The number of benzene rings is 1. The summed E-state index contributed by atoms with van der Waals surface area (Å²) in [5.74, 6) is 0.730. The highest BCUT2D eigenvalue weighted by Crippen LogP contribution is 2.40. The minimum atomic E-state index is -0.523. The van der Waals surface area contributed by atoms with Gasteiger partial charge in [-0.1, -0.05) is 0 Å². The van der Waals surface area contributed by atoms with E-state index >= 15 is 0 Å². The van der Waals surface area contributed by atoms with E-state index in [1.807, 2.05) is 19.1 Å². The number of nitrogens with zero attached hydrogens (tertiary/aromatic N) is 4. The summed E-state index contributed by atoms with van der Waals surface area (Å²) in [5.41, 5.74) is 2.62. The lowest BCUT2D eigenvalue weighted by molar-refractivity contribution is 0.428. The minimum absolute atomic E-state index is 0.0200. The Bertz CT molecular complexity index is 1270. The first kappa shape index (κ1) is 17.2. The lowest BCUT2D eigenvalue weighted by Gasteiger charge is -2.10. The maximum Gasteiger partial charge on any atom is 0.242 e. The number of hydrogen-bond acceptors (Lipinski definition) is 6. The third-order valence-corrected chi connectivity index (χ3v) is 4.83. The molecule has 3 N–H and O–H groups in total. The fraction of sp³-hybridized carbons (Fsp3) is 0.200. The molecule has 1 saturated carbocycles. The zero-order chi connectivity index (χ0) is 20.0. The summed E-state index contributed by atoms with van der Waals surface area (Å²) in [5, 5.41) is 20.2. The topological polar surface area (TPSA) is 115 Å². The van der Waals surface area contributed by atoms with Crippen molar-refractivity contribution in [3.63, 3.8) is 0 Å². The van der Waals surface area contributed by atoms with Gasteiger partial charge in [-0.25, -0.2) is 14.4 Å². The molecular weight excluding hydrogens is 373 g/mol. The number of fused-ring (bicyclic) bond motifs is 1. The van der Waals surface area contributed by atoms with Crippen LogP contribution < -0.4 is 10.1 Å². The highest BCUT2D eigenvalue weighted by atomic mass is 19.1. The van der Waals surface area contributed by atoms with Crippen LogP contribution in [0.1, 0.15) is 35.7 Å². The van der Waals surface area contributed by atoms with Crippen molar-refractivity contribution in [2.45, 2.75) is 25.7 Å². The van der Waals surface area contributed by atoms with Gasteiger partial charge >= 0.3 is 0 Å². The number of aromatic nitrogens is 5. The summed E-state index contributed by atoms with van der Waals surface area (Å²) in [6.45, 7) is 1.85. The van der Waals surface area contributed by atoms with Gasteiger partial charge in [0, 0.05) is 34.3 Å². The van der Waals surface area contributed by atoms with Crippen LogP contribution in [0.4, 0.5) is 16.0 Å². The molecule has 9 heteroatoms. The molecule has 0 atom stereocenters. The second-order valence-electron chi connectivity index (χ2n) is 7.02. The lowest BCUT2D eigenvalue weighted by Crippen LogP contribution is -2.02. The SMILES string of the molecule is Cc1cc2c(F)c(Oc3ncnc(Nc4cc(C5CC5)[nH]n4)c3C#N)ccc2[nH]1. The van der Waals surface area contributed by atoms with Gasteiger partial charge in [-0.2, -0.15) is 10.4 Å². The van der Waals surface area contributed by atoms with Crippen LogP contribution >= 0.6 is 0 Å². The first-order valence-electron chi connectivity index (χ1n) is 9.15. The van der Waals surface area contributed by atoms with Gasteiger partial charge in [0.15, 0.2) is 28.8 Å². The quantitative estimate of drug-likeness (QED) is 0.466. The zero-order valence-corrected chi connectivity index (χ0v) is 15.5. The average Bonchev–Trinajstić information content (AvgIpc) is 3.33. The minimum Gasteiger partial charge on any atom is -0.434 e. The number of nitrogens with one attached hydrogen (secondary N) is 3. The number of ether oxygens (including phenoxy) is 1. The molecule has 0 spiro atoms. The predicted molar refractivity (Wildman–Crippen MR) is 104 cm³/mol. The Labute approximate surface area is 164 Å². The van der Waals surface area contributed by atoms with Gasteiger partial charge in [-0.05, 0) is 38.0 Å². The smallest absolute Gasteiger partial charge is 0.242 e. The molecule has 0 amide bonds. The van der Waals surface area contributed by atoms with Crippen molar-refractivity contribution in [3.05, 3.63) is 53.4 Å². The molecular formula is C20H16FN7O. The maximum absolute atomic E-state index is 14.8. The van der Waals surface area contributed by atoms with Crippen LogP contribution in [0.2, 0.25) is 0 Å². The second-order valence-corrected chi connectivity index (χ2v) is 7.02. The van der Waals surface area contributed by atoms with E-state index in [-0.39, 0.29) is 23.0 Å². The maximum atomic E-state index is 14.8. The summed E-state index contributed by atoms with van der Waals surface area (Å²) in [4.78, 5) is 11.2. The predicted octanol–water partition coefficient (Wildman–Crippen LogP) is 4.41. The summed E-state index contributed by atoms with van der Waals surface area (Å²) in [6, 6.07) is 8.84. The molecule has 29 heavy (non-hydrogen) atoms. The van der Waals surface area contributed by atoms with Crippen LogP contribution in [0.5, 0.6) is 11.6 Å².